The number of rotatable bonds is 11. The quantitative estimate of drug-likeness (QED) is 0.576. The summed E-state index contributed by atoms with van der Waals surface area (Å²) >= 11 is 0. The van der Waals surface area contributed by atoms with Gasteiger partial charge in [-0.15, -0.1) is 0 Å². The van der Waals surface area contributed by atoms with Crippen molar-refractivity contribution in [2.75, 3.05) is 26.2 Å². The molecule has 0 bridgehead atoms. The van der Waals surface area contributed by atoms with Crippen LogP contribution in [0.2, 0.25) is 0 Å². The SMILES string of the molecule is CCC(CC)C(=O)N(CC(=O)N(Cc1ccco1)CC1CCCO1)CC(C)C. The smallest absolute Gasteiger partial charge is 0.242 e. The molecule has 1 aromatic heterocycles. The summed E-state index contributed by atoms with van der Waals surface area (Å²) < 4.78 is 11.2. The van der Waals surface area contributed by atoms with Crippen molar-refractivity contribution in [2.24, 2.45) is 11.8 Å². The van der Waals surface area contributed by atoms with E-state index in [1.54, 1.807) is 16.1 Å². The van der Waals surface area contributed by atoms with Crippen molar-refractivity contribution in [2.45, 2.75) is 66.0 Å². The van der Waals surface area contributed by atoms with Gasteiger partial charge in [0.05, 0.1) is 25.5 Å². The fourth-order valence-corrected chi connectivity index (χ4v) is 3.71. The Balaban J connectivity index is 2.10. The van der Waals surface area contributed by atoms with E-state index >= 15 is 0 Å². The van der Waals surface area contributed by atoms with Gasteiger partial charge < -0.3 is 19.0 Å². The molecule has 0 aliphatic carbocycles. The van der Waals surface area contributed by atoms with Crippen molar-refractivity contribution in [1.82, 2.24) is 9.80 Å². The lowest BCUT2D eigenvalue weighted by atomic mass is 10.0. The Hall–Kier alpha value is -1.82. The maximum absolute atomic E-state index is 13.2. The molecular formula is C22H36N2O4. The number of carbonyl (C=O) groups excluding carboxylic acids is 2. The first kappa shape index (κ1) is 22.5. The van der Waals surface area contributed by atoms with Crippen LogP contribution in [0.1, 0.15) is 59.1 Å². The van der Waals surface area contributed by atoms with Crippen molar-refractivity contribution in [3.63, 3.8) is 0 Å². The van der Waals surface area contributed by atoms with E-state index in [9.17, 15) is 9.59 Å². The highest BCUT2D eigenvalue weighted by Gasteiger charge is 2.28. The Bertz CT molecular complexity index is 590. The third-order valence-corrected chi connectivity index (χ3v) is 5.29. The second-order valence-electron chi connectivity index (χ2n) is 8.11. The zero-order chi connectivity index (χ0) is 20.5. The van der Waals surface area contributed by atoms with E-state index in [1.807, 2.05) is 26.0 Å². The Kier molecular flexibility index (Phi) is 9.03. The first-order chi connectivity index (χ1) is 13.4. The van der Waals surface area contributed by atoms with Crippen molar-refractivity contribution in [3.05, 3.63) is 24.2 Å². The molecular weight excluding hydrogens is 356 g/mol. The van der Waals surface area contributed by atoms with Crippen molar-refractivity contribution in [3.8, 4) is 0 Å². The third-order valence-electron chi connectivity index (χ3n) is 5.29. The fourth-order valence-electron chi connectivity index (χ4n) is 3.71. The van der Waals surface area contributed by atoms with E-state index in [1.165, 1.54) is 0 Å². The highest BCUT2D eigenvalue weighted by molar-refractivity contribution is 5.86. The van der Waals surface area contributed by atoms with Crippen LogP contribution >= 0.6 is 0 Å². The molecule has 1 aliphatic rings. The number of nitrogens with zero attached hydrogens (tertiary/aromatic N) is 2. The highest BCUT2D eigenvalue weighted by Crippen LogP contribution is 2.18. The van der Waals surface area contributed by atoms with Gasteiger partial charge in [-0.1, -0.05) is 27.7 Å². The number of carbonyl (C=O) groups is 2. The number of ether oxygens (including phenoxy) is 1. The summed E-state index contributed by atoms with van der Waals surface area (Å²) in [5.74, 6) is 1.06. The molecule has 1 aliphatic heterocycles. The van der Waals surface area contributed by atoms with Gasteiger partial charge in [-0.25, -0.2) is 0 Å². The Morgan fingerprint density at radius 1 is 1.21 bits per heavy atom. The van der Waals surface area contributed by atoms with Crippen molar-refractivity contribution in [1.29, 1.82) is 0 Å². The van der Waals surface area contributed by atoms with Gasteiger partial charge in [0.1, 0.15) is 5.76 Å². The van der Waals surface area contributed by atoms with E-state index in [0.29, 0.717) is 25.6 Å². The Morgan fingerprint density at radius 3 is 2.50 bits per heavy atom. The summed E-state index contributed by atoms with van der Waals surface area (Å²) in [6.45, 7) is 10.6. The predicted octanol–water partition coefficient (Wildman–Crippen LogP) is 3.71. The van der Waals surface area contributed by atoms with E-state index in [-0.39, 0.29) is 30.4 Å². The van der Waals surface area contributed by atoms with Crippen LogP contribution < -0.4 is 0 Å². The molecule has 0 N–H and O–H groups in total. The minimum Gasteiger partial charge on any atom is -0.467 e. The lowest BCUT2D eigenvalue weighted by Gasteiger charge is -2.31. The molecule has 158 valence electrons. The summed E-state index contributed by atoms with van der Waals surface area (Å²) in [7, 11) is 0. The molecule has 1 unspecified atom stereocenters. The summed E-state index contributed by atoms with van der Waals surface area (Å²) in [4.78, 5) is 29.7. The van der Waals surface area contributed by atoms with E-state index in [0.717, 1.165) is 38.1 Å². The maximum atomic E-state index is 13.2. The van der Waals surface area contributed by atoms with Gasteiger partial charge in [-0.05, 0) is 43.7 Å². The van der Waals surface area contributed by atoms with Gasteiger partial charge in [-0.3, -0.25) is 9.59 Å². The van der Waals surface area contributed by atoms with Gasteiger partial charge >= 0.3 is 0 Å². The van der Waals surface area contributed by atoms with Crippen LogP contribution in [0.15, 0.2) is 22.8 Å². The van der Waals surface area contributed by atoms with Crippen LogP contribution in [0, 0.1) is 11.8 Å². The van der Waals surface area contributed by atoms with Crippen LogP contribution in [0.4, 0.5) is 0 Å². The van der Waals surface area contributed by atoms with E-state index in [2.05, 4.69) is 13.8 Å². The minimum atomic E-state index is -0.0492. The number of hydrogen-bond acceptors (Lipinski definition) is 4. The lowest BCUT2D eigenvalue weighted by Crippen LogP contribution is -2.47. The van der Waals surface area contributed by atoms with Crippen LogP contribution in [-0.2, 0) is 20.9 Å². The molecule has 1 atom stereocenters. The van der Waals surface area contributed by atoms with Crippen LogP contribution in [-0.4, -0.2) is 54.0 Å². The molecule has 1 fully saturated rings. The van der Waals surface area contributed by atoms with Gasteiger partial charge in [0.15, 0.2) is 0 Å². The molecule has 2 amide bonds. The van der Waals surface area contributed by atoms with Crippen LogP contribution in [0.5, 0.6) is 0 Å². The average Bonchev–Trinajstić information content (AvgIpc) is 3.35. The third kappa shape index (κ3) is 6.66. The molecule has 0 saturated carbocycles. The number of hydrogen-bond donors (Lipinski definition) is 0. The molecule has 0 radical (unpaired) electrons. The van der Waals surface area contributed by atoms with Gasteiger partial charge in [0.2, 0.25) is 11.8 Å². The van der Waals surface area contributed by atoms with E-state index < -0.39 is 0 Å². The normalized spacial score (nSPS) is 16.7. The molecule has 2 rings (SSSR count). The van der Waals surface area contributed by atoms with Gasteiger partial charge in [0, 0.05) is 25.6 Å². The molecule has 0 spiro atoms. The topological polar surface area (TPSA) is 63.0 Å². The minimum absolute atomic E-state index is 0.0248. The van der Waals surface area contributed by atoms with Crippen molar-refractivity contribution < 1.29 is 18.7 Å². The largest absolute Gasteiger partial charge is 0.467 e. The summed E-state index contributed by atoms with van der Waals surface area (Å²) in [6, 6.07) is 3.70. The molecule has 1 aromatic rings. The second kappa shape index (κ2) is 11.2. The molecule has 6 nitrogen and oxygen atoms in total. The molecule has 6 heteroatoms. The van der Waals surface area contributed by atoms with Crippen LogP contribution in [0.25, 0.3) is 0 Å². The highest BCUT2D eigenvalue weighted by atomic mass is 16.5. The molecule has 28 heavy (non-hydrogen) atoms. The summed E-state index contributed by atoms with van der Waals surface area (Å²) in [5.41, 5.74) is 0. The van der Waals surface area contributed by atoms with E-state index in [4.69, 9.17) is 9.15 Å². The predicted molar refractivity (Wildman–Crippen MR) is 109 cm³/mol. The average molecular weight is 393 g/mol. The molecule has 1 saturated heterocycles. The zero-order valence-corrected chi connectivity index (χ0v) is 17.9. The lowest BCUT2D eigenvalue weighted by molar-refractivity contribution is -0.144. The van der Waals surface area contributed by atoms with Gasteiger partial charge in [0.25, 0.3) is 0 Å². The molecule has 0 aromatic carbocycles. The van der Waals surface area contributed by atoms with Crippen LogP contribution in [0.3, 0.4) is 0 Å². The maximum Gasteiger partial charge on any atom is 0.242 e. The second-order valence-corrected chi connectivity index (χ2v) is 8.11. The van der Waals surface area contributed by atoms with Crippen molar-refractivity contribution >= 4 is 11.8 Å². The monoisotopic (exact) mass is 392 g/mol. The Morgan fingerprint density at radius 2 is 1.96 bits per heavy atom. The summed E-state index contributed by atoms with van der Waals surface area (Å²) in [6.07, 6.45) is 5.26. The number of furan rings is 1. The first-order valence-electron chi connectivity index (χ1n) is 10.6. The fraction of sp³-hybridized carbons (Fsp3) is 0.727. The van der Waals surface area contributed by atoms with Gasteiger partial charge in [-0.2, -0.15) is 0 Å². The first-order valence-corrected chi connectivity index (χ1v) is 10.6. The molecule has 2 heterocycles. The standard InChI is InChI=1S/C22H36N2O4/c1-5-18(6-2)22(26)24(13-17(3)4)16-21(25)23(14-19-9-7-11-27-19)15-20-10-8-12-28-20/h7,9,11,17-18,20H,5-6,8,10,12-16H2,1-4H3. The Labute approximate surface area is 169 Å². The zero-order valence-electron chi connectivity index (χ0n) is 17.9. The summed E-state index contributed by atoms with van der Waals surface area (Å²) in [5, 5.41) is 0. The number of amides is 2.